The van der Waals surface area contributed by atoms with E-state index in [1.165, 1.54) is 5.56 Å². The van der Waals surface area contributed by atoms with Crippen LogP contribution >= 0.6 is 0 Å². The number of nitrogens with zero attached hydrogens (tertiary/aromatic N) is 4. The number of hydrogen-bond donors (Lipinski definition) is 0. The van der Waals surface area contributed by atoms with E-state index < -0.39 is 0 Å². The van der Waals surface area contributed by atoms with Crippen molar-refractivity contribution in [1.29, 1.82) is 5.26 Å². The number of rotatable bonds is 4. The molecule has 2 atom stereocenters. The Kier molecular flexibility index (Phi) is 5.69. The smallest absolute Gasteiger partial charge is 0.252 e. The molecular formula is C25H28N4O2. The number of ether oxygens (including phenoxy) is 1. The van der Waals surface area contributed by atoms with E-state index in [9.17, 15) is 10.1 Å². The SMILES string of the molecule is CC(C)c1ccc(O[C@@H]2CCN(c3cc(=O)n(C)c4ccc(C#N)nc34)C[C@H]2C)cc1. The van der Waals surface area contributed by atoms with Gasteiger partial charge in [-0.2, -0.15) is 5.26 Å². The number of aromatic nitrogens is 2. The summed E-state index contributed by atoms with van der Waals surface area (Å²) in [7, 11) is 1.73. The van der Waals surface area contributed by atoms with Crippen molar-refractivity contribution < 1.29 is 4.74 Å². The van der Waals surface area contributed by atoms with Gasteiger partial charge in [-0.1, -0.05) is 32.9 Å². The van der Waals surface area contributed by atoms with Crippen LogP contribution in [0.1, 0.15) is 44.4 Å². The maximum atomic E-state index is 12.5. The van der Waals surface area contributed by atoms with Gasteiger partial charge in [0.05, 0.1) is 11.2 Å². The molecule has 0 amide bonds. The van der Waals surface area contributed by atoms with E-state index >= 15 is 0 Å². The fourth-order valence-corrected chi connectivity index (χ4v) is 4.24. The molecule has 6 heteroatoms. The van der Waals surface area contributed by atoms with Crippen LogP contribution in [-0.4, -0.2) is 28.7 Å². The number of aryl methyl sites for hydroxylation is 1. The topological polar surface area (TPSA) is 71.2 Å². The summed E-state index contributed by atoms with van der Waals surface area (Å²) in [6.45, 7) is 8.07. The molecule has 4 rings (SSSR count). The highest BCUT2D eigenvalue weighted by molar-refractivity contribution is 5.88. The number of pyridine rings is 2. The van der Waals surface area contributed by atoms with E-state index in [0.29, 0.717) is 17.1 Å². The van der Waals surface area contributed by atoms with Crippen LogP contribution in [0.15, 0.2) is 47.3 Å². The van der Waals surface area contributed by atoms with Crippen LogP contribution in [0.25, 0.3) is 11.0 Å². The Balaban J connectivity index is 1.56. The van der Waals surface area contributed by atoms with Gasteiger partial charge in [0.25, 0.3) is 5.56 Å². The standard InChI is InChI=1S/C25H28N4O2/c1-16(2)18-5-8-20(9-6-18)31-23-11-12-29(15-17(23)3)22-13-24(30)28(4)21-10-7-19(14-26)27-25(21)22/h5-10,13,16-17,23H,11-12,15H2,1-4H3/t17-,23-/m1/s1. The Morgan fingerprint density at radius 1 is 1.19 bits per heavy atom. The highest BCUT2D eigenvalue weighted by Crippen LogP contribution is 2.30. The van der Waals surface area contributed by atoms with Gasteiger partial charge in [-0.25, -0.2) is 4.98 Å². The summed E-state index contributed by atoms with van der Waals surface area (Å²) in [6.07, 6.45) is 0.962. The summed E-state index contributed by atoms with van der Waals surface area (Å²) < 4.78 is 7.88. The van der Waals surface area contributed by atoms with Crippen molar-refractivity contribution in [2.75, 3.05) is 18.0 Å². The van der Waals surface area contributed by atoms with Crippen molar-refractivity contribution in [1.82, 2.24) is 9.55 Å². The largest absolute Gasteiger partial charge is 0.490 e. The molecule has 1 fully saturated rings. The van der Waals surface area contributed by atoms with Gasteiger partial charge in [-0.05, 0) is 35.7 Å². The van der Waals surface area contributed by atoms with Gasteiger partial charge >= 0.3 is 0 Å². The molecule has 31 heavy (non-hydrogen) atoms. The molecule has 6 nitrogen and oxygen atoms in total. The molecule has 160 valence electrons. The summed E-state index contributed by atoms with van der Waals surface area (Å²) in [6, 6.07) is 15.5. The number of nitriles is 1. The third-order valence-corrected chi connectivity index (χ3v) is 6.18. The van der Waals surface area contributed by atoms with Crippen LogP contribution in [0.5, 0.6) is 5.75 Å². The van der Waals surface area contributed by atoms with E-state index in [1.54, 1.807) is 29.8 Å². The Morgan fingerprint density at radius 2 is 1.94 bits per heavy atom. The molecule has 0 saturated carbocycles. The second-order valence-electron chi connectivity index (χ2n) is 8.69. The third-order valence-electron chi connectivity index (χ3n) is 6.18. The fraction of sp³-hybridized carbons (Fsp3) is 0.400. The van der Waals surface area contributed by atoms with E-state index in [0.717, 1.165) is 36.5 Å². The summed E-state index contributed by atoms with van der Waals surface area (Å²) in [5, 5.41) is 9.28. The normalized spacial score (nSPS) is 18.9. The van der Waals surface area contributed by atoms with Crippen molar-refractivity contribution in [3.63, 3.8) is 0 Å². The number of hydrogen-bond acceptors (Lipinski definition) is 5. The number of anilines is 1. The molecule has 0 bridgehead atoms. The highest BCUT2D eigenvalue weighted by atomic mass is 16.5. The van der Waals surface area contributed by atoms with E-state index in [1.807, 2.05) is 0 Å². The summed E-state index contributed by atoms with van der Waals surface area (Å²) in [4.78, 5) is 19.2. The molecule has 0 unspecified atom stereocenters. The lowest BCUT2D eigenvalue weighted by molar-refractivity contribution is 0.121. The molecule has 3 aromatic rings. The predicted octanol–water partition coefficient (Wildman–Crippen LogP) is 4.22. The molecule has 1 aliphatic rings. The van der Waals surface area contributed by atoms with Gasteiger partial charge in [-0.3, -0.25) is 4.79 Å². The predicted molar refractivity (Wildman–Crippen MR) is 123 cm³/mol. The maximum absolute atomic E-state index is 12.5. The van der Waals surface area contributed by atoms with Crippen LogP contribution in [0.2, 0.25) is 0 Å². The van der Waals surface area contributed by atoms with Gasteiger partial charge < -0.3 is 14.2 Å². The number of piperidine rings is 1. The highest BCUT2D eigenvalue weighted by Gasteiger charge is 2.29. The minimum Gasteiger partial charge on any atom is -0.490 e. The average Bonchev–Trinajstić information content (AvgIpc) is 2.77. The Bertz CT molecular complexity index is 1190. The molecule has 1 aromatic carbocycles. The molecule has 0 aliphatic carbocycles. The molecule has 1 saturated heterocycles. The quantitative estimate of drug-likeness (QED) is 0.637. The van der Waals surface area contributed by atoms with Crippen molar-refractivity contribution in [3.8, 4) is 11.8 Å². The zero-order chi connectivity index (χ0) is 22.1. The number of fused-ring (bicyclic) bond motifs is 1. The van der Waals surface area contributed by atoms with Gasteiger partial charge in [-0.15, -0.1) is 0 Å². The lowest BCUT2D eigenvalue weighted by Gasteiger charge is -2.38. The second-order valence-corrected chi connectivity index (χ2v) is 8.69. The average molecular weight is 417 g/mol. The van der Waals surface area contributed by atoms with Crippen molar-refractivity contribution in [2.45, 2.75) is 39.2 Å². The maximum Gasteiger partial charge on any atom is 0.252 e. The number of benzene rings is 1. The molecule has 2 aromatic heterocycles. The van der Waals surface area contributed by atoms with E-state index in [2.05, 4.69) is 61.0 Å². The van der Waals surface area contributed by atoms with Crippen LogP contribution in [0, 0.1) is 17.2 Å². The summed E-state index contributed by atoms with van der Waals surface area (Å²) in [5.41, 5.74) is 3.79. The third kappa shape index (κ3) is 4.13. The van der Waals surface area contributed by atoms with E-state index in [-0.39, 0.29) is 17.6 Å². The first-order valence-electron chi connectivity index (χ1n) is 10.8. The molecule has 1 aliphatic heterocycles. The Hall–Kier alpha value is -3.33. The molecule has 0 N–H and O–H groups in total. The van der Waals surface area contributed by atoms with Gasteiger partial charge in [0.1, 0.15) is 29.1 Å². The first kappa shape index (κ1) is 20.9. The van der Waals surface area contributed by atoms with Crippen molar-refractivity contribution >= 4 is 16.7 Å². The lowest BCUT2D eigenvalue weighted by atomic mass is 9.95. The van der Waals surface area contributed by atoms with Gasteiger partial charge in [0, 0.05) is 38.5 Å². The van der Waals surface area contributed by atoms with Crippen LogP contribution in [0.3, 0.4) is 0 Å². The monoisotopic (exact) mass is 416 g/mol. The zero-order valence-corrected chi connectivity index (χ0v) is 18.5. The molecule has 3 heterocycles. The molecule has 0 spiro atoms. The minimum atomic E-state index is -0.0784. The zero-order valence-electron chi connectivity index (χ0n) is 18.5. The Labute approximate surface area is 182 Å². The minimum absolute atomic E-state index is 0.0784. The Morgan fingerprint density at radius 3 is 2.58 bits per heavy atom. The second kappa shape index (κ2) is 8.43. The van der Waals surface area contributed by atoms with Crippen LogP contribution in [0.4, 0.5) is 5.69 Å². The van der Waals surface area contributed by atoms with Gasteiger partial charge in [0.15, 0.2) is 0 Å². The first-order chi connectivity index (χ1) is 14.9. The summed E-state index contributed by atoms with van der Waals surface area (Å²) >= 11 is 0. The van der Waals surface area contributed by atoms with Crippen molar-refractivity contribution in [3.05, 3.63) is 64.1 Å². The van der Waals surface area contributed by atoms with Crippen molar-refractivity contribution in [2.24, 2.45) is 13.0 Å². The lowest BCUT2D eigenvalue weighted by Crippen LogP contribution is -2.45. The molecular weight excluding hydrogens is 388 g/mol. The summed E-state index contributed by atoms with van der Waals surface area (Å²) in [5.74, 6) is 1.67. The molecule has 0 radical (unpaired) electrons. The van der Waals surface area contributed by atoms with Crippen LogP contribution < -0.4 is 15.2 Å². The first-order valence-corrected chi connectivity index (χ1v) is 10.8. The van der Waals surface area contributed by atoms with Gasteiger partial charge in [0.2, 0.25) is 0 Å². The fourth-order valence-electron chi connectivity index (χ4n) is 4.24. The van der Waals surface area contributed by atoms with Crippen LogP contribution in [-0.2, 0) is 7.05 Å². The van der Waals surface area contributed by atoms with E-state index in [4.69, 9.17) is 4.74 Å².